The number of rotatable bonds is 7. The zero-order chi connectivity index (χ0) is 24.4. The molecule has 0 radical (unpaired) electrons. The molecule has 10 heteroatoms. The van der Waals surface area contributed by atoms with Gasteiger partial charge in [-0.15, -0.1) is 5.10 Å². The molecule has 178 valence electrons. The van der Waals surface area contributed by atoms with Gasteiger partial charge in [0.25, 0.3) is 0 Å². The zero-order valence-electron chi connectivity index (χ0n) is 19.1. The number of aromatic nitrogens is 5. The molecule has 35 heavy (non-hydrogen) atoms. The van der Waals surface area contributed by atoms with E-state index in [4.69, 9.17) is 4.74 Å². The number of nitrogens with zero attached hydrogens (tertiary/aromatic N) is 5. The van der Waals surface area contributed by atoms with Crippen LogP contribution in [0, 0.1) is 5.82 Å². The lowest BCUT2D eigenvalue weighted by Crippen LogP contribution is -2.36. The largest absolute Gasteiger partial charge is 0.481 e. The number of benzene rings is 1. The van der Waals surface area contributed by atoms with E-state index in [1.165, 1.54) is 7.11 Å². The number of carbonyl (C=O) groups excluding carboxylic acids is 2. The SMILES string of the molecule is COc1ncccc1-c1cc(C2=CCCN(C(=O)CCn3ccnn3)C2)c(F)c2[nH]c(C=O)cc12. The maximum Gasteiger partial charge on any atom is 0.224 e. The van der Waals surface area contributed by atoms with Crippen molar-refractivity contribution in [2.45, 2.75) is 19.4 Å². The molecule has 1 aliphatic rings. The van der Waals surface area contributed by atoms with E-state index < -0.39 is 5.82 Å². The molecule has 0 fully saturated rings. The molecule has 0 saturated heterocycles. The van der Waals surface area contributed by atoms with Crippen LogP contribution in [0.3, 0.4) is 0 Å². The van der Waals surface area contributed by atoms with Crippen LogP contribution in [0.15, 0.2) is 48.9 Å². The molecule has 3 aromatic heterocycles. The van der Waals surface area contributed by atoms with Crippen molar-refractivity contribution in [3.8, 4) is 17.0 Å². The number of nitrogens with one attached hydrogen (secondary N) is 1. The predicted octanol–water partition coefficient (Wildman–Crippen LogP) is 3.49. The van der Waals surface area contributed by atoms with Crippen LogP contribution in [0.25, 0.3) is 27.6 Å². The van der Waals surface area contributed by atoms with E-state index in [-0.39, 0.29) is 30.1 Å². The number of halogens is 1. The summed E-state index contributed by atoms with van der Waals surface area (Å²) >= 11 is 0. The van der Waals surface area contributed by atoms with Crippen LogP contribution in [0.5, 0.6) is 5.88 Å². The van der Waals surface area contributed by atoms with Gasteiger partial charge in [0, 0.05) is 48.4 Å². The Morgan fingerprint density at radius 3 is 2.91 bits per heavy atom. The van der Waals surface area contributed by atoms with Crippen LogP contribution in [0.2, 0.25) is 0 Å². The van der Waals surface area contributed by atoms with Gasteiger partial charge in [0.1, 0.15) is 0 Å². The Morgan fingerprint density at radius 2 is 2.14 bits per heavy atom. The van der Waals surface area contributed by atoms with E-state index in [2.05, 4.69) is 20.3 Å². The molecule has 1 aromatic carbocycles. The van der Waals surface area contributed by atoms with E-state index in [1.54, 1.807) is 46.4 Å². The normalized spacial score (nSPS) is 13.7. The number of hydrogen-bond acceptors (Lipinski definition) is 6. The van der Waals surface area contributed by atoms with Gasteiger partial charge in [0.15, 0.2) is 12.1 Å². The number of amides is 1. The van der Waals surface area contributed by atoms with Crippen molar-refractivity contribution in [1.82, 2.24) is 29.9 Å². The van der Waals surface area contributed by atoms with E-state index in [0.717, 1.165) is 0 Å². The van der Waals surface area contributed by atoms with Gasteiger partial charge in [-0.25, -0.2) is 9.37 Å². The molecular formula is C25H23FN6O3. The summed E-state index contributed by atoms with van der Waals surface area (Å²) in [5.74, 6) is -0.115. The number of hydrogen-bond donors (Lipinski definition) is 1. The highest BCUT2D eigenvalue weighted by molar-refractivity contribution is 6.02. The summed E-state index contributed by atoms with van der Waals surface area (Å²) < 4.78 is 22.8. The Morgan fingerprint density at radius 1 is 1.26 bits per heavy atom. The topological polar surface area (TPSA) is 106 Å². The Labute approximate surface area is 200 Å². The van der Waals surface area contributed by atoms with Crippen molar-refractivity contribution in [2.75, 3.05) is 20.2 Å². The van der Waals surface area contributed by atoms with E-state index in [0.29, 0.717) is 59.3 Å². The van der Waals surface area contributed by atoms with Crippen LogP contribution in [-0.2, 0) is 11.3 Å². The first-order valence-electron chi connectivity index (χ1n) is 11.2. The summed E-state index contributed by atoms with van der Waals surface area (Å²) in [6.07, 6.45) is 8.38. The number of aldehydes is 1. The molecule has 0 unspecified atom stereocenters. The molecule has 0 spiro atoms. The van der Waals surface area contributed by atoms with Crippen molar-refractivity contribution in [3.63, 3.8) is 0 Å². The second kappa shape index (κ2) is 9.49. The second-order valence-electron chi connectivity index (χ2n) is 8.23. The van der Waals surface area contributed by atoms with Gasteiger partial charge >= 0.3 is 0 Å². The highest BCUT2D eigenvalue weighted by atomic mass is 19.1. The van der Waals surface area contributed by atoms with Crippen LogP contribution in [0.1, 0.15) is 28.9 Å². The number of H-pyrrole nitrogens is 1. The number of carbonyl (C=O) groups is 2. The second-order valence-corrected chi connectivity index (χ2v) is 8.23. The van der Waals surface area contributed by atoms with Crippen molar-refractivity contribution < 1.29 is 18.7 Å². The van der Waals surface area contributed by atoms with Gasteiger partial charge in [-0.2, -0.15) is 0 Å². The molecule has 1 amide bonds. The number of methoxy groups -OCH3 is 1. The molecule has 4 aromatic rings. The van der Waals surface area contributed by atoms with Crippen molar-refractivity contribution in [2.24, 2.45) is 0 Å². The van der Waals surface area contributed by atoms with Gasteiger partial charge in [-0.3, -0.25) is 14.3 Å². The van der Waals surface area contributed by atoms with Gasteiger partial charge in [-0.1, -0.05) is 11.3 Å². The maximum atomic E-state index is 15.8. The zero-order valence-corrected chi connectivity index (χ0v) is 19.1. The monoisotopic (exact) mass is 474 g/mol. The number of fused-ring (bicyclic) bond motifs is 1. The molecule has 5 rings (SSSR count). The standard InChI is InChI=1S/C25H23FN6O3/c1-35-25-18(5-2-7-27-25)20-13-19(23(26)24-21(20)12-17(15-33)29-24)16-4-3-9-31(14-16)22(34)6-10-32-11-8-28-30-32/h2,4-5,7-8,11-13,15,29H,3,6,9-10,14H2,1H3. The van der Waals surface area contributed by atoms with E-state index in [9.17, 15) is 9.59 Å². The smallest absolute Gasteiger partial charge is 0.224 e. The minimum Gasteiger partial charge on any atom is -0.481 e. The summed E-state index contributed by atoms with van der Waals surface area (Å²) in [7, 11) is 1.52. The summed E-state index contributed by atoms with van der Waals surface area (Å²) in [4.78, 5) is 33.2. The lowest BCUT2D eigenvalue weighted by atomic mass is 9.93. The molecule has 0 bridgehead atoms. The van der Waals surface area contributed by atoms with Crippen molar-refractivity contribution in [3.05, 3.63) is 66.0 Å². The molecule has 0 aliphatic carbocycles. The van der Waals surface area contributed by atoms with Gasteiger partial charge < -0.3 is 14.6 Å². The summed E-state index contributed by atoms with van der Waals surface area (Å²) in [5.41, 5.74) is 2.92. The van der Waals surface area contributed by atoms with Gasteiger partial charge in [-0.05, 0) is 41.8 Å². The first-order valence-corrected chi connectivity index (χ1v) is 11.2. The molecular weight excluding hydrogens is 451 g/mol. The molecule has 1 N–H and O–H groups in total. The molecule has 9 nitrogen and oxygen atoms in total. The van der Waals surface area contributed by atoms with Crippen LogP contribution < -0.4 is 4.74 Å². The number of aromatic amines is 1. The molecule has 0 atom stereocenters. The highest BCUT2D eigenvalue weighted by Crippen LogP contribution is 2.39. The summed E-state index contributed by atoms with van der Waals surface area (Å²) in [6, 6.07) is 6.97. The first-order chi connectivity index (χ1) is 17.1. The van der Waals surface area contributed by atoms with Gasteiger partial charge in [0.2, 0.25) is 11.8 Å². The lowest BCUT2D eigenvalue weighted by Gasteiger charge is -2.28. The Kier molecular flexibility index (Phi) is 6.09. The predicted molar refractivity (Wildman–Crippen MR) is 127 cm³/mol. The third-order valence-electron chi connectivity index (χ3n) is 6.13. The fourth-order valence-electron chi connectivity index (χ4n) is 4.43. The third kappa shape index (κ3) is 4.30. The average molecular weight is 474 g/mol. The van der Waals surface area contributed by atoms with Gasteiger partial charge in [0.05, 0.1) is 31.1 Å². The quantitative estimate of drug-likeness (QED) is 0.411. The van der Waals surface area contributed by atoms with Crippen LogP contribution in [-0.4, -0.2) is 62.3 Å². The molecule has 0 saturated carbocycles. The number of ether oxygens (including phenoxy) is 1. The van der Waals surface area contributed by atoms with Crippen LogP contribution in [0.4, 0.5) is 4.39 Å². The fourth-order valence-corrected chi connectivity index (χ4v) is 4.43. The summed E-state index contributed by atoms with van der Waals surface area (Å²) in [5, 5.41) is 8.19. The lowest BCUT2D eigenvalue weighted by molar-refractivity contribution is -0.131. The average Bonchev–Trinajstić information content (AvgIpc) is 3.58. The summed E-state index contributed by atoms with van der Waals surface area (Å²) in [6.45, 7) is 1.27. The fraction of sp³-hybridized carbons (Fsp3) is 0.240. The molecule has 4 heterocycles. The minimum absolute atomic E-state index is 0.0372. The van der Waals surface area contributed by atoms with Crippen LogP contribution >= 0.6 is 0 Å². The third-order valence-corrected chi connectivity index (χ3v) is 6.13. The number of aryl methyl sites for hydroxylation is 1. The Hall–Kier alpha value is -4.34. The Bertz CT molecular complexity index is 1430. The van der Waals surface area contributed by atoms with Crippen molar-refractivity contribution in [1.29, 1.82) is 0 Å². The van der Waals surface area contributed by atoms with Crippen molar-refractivity contribution >= 4 is 28.7 Å². The first kappa shape index (κ1) is 22.5. The number of pyridine rings is 1. The minimum atomic E-state index is -0.470. The molecule has 1 aliphatic heterocycles. The highest BCUT2D eigenvalue weighted by Gasteiger charge is 2.24. The van der Waals surface area contributed by atoms with E-state index in [1.807, 2.05) is 12.1 Å². The maximum absolute atomic E-state index is 15.8. The van der Waals surface area contributed by atoms with E-state index >= 15 is 4.39 Å². The Balaban J connectivity index is 1.52.